The number of hydrogen-bond donors (Lipinski definition) is 2. The summed E-state index contributed by atoms with van der Waals surface area (Å²) in [5, 5.41) is 4.52. The molecule has 102 valence electrons. The van der Waals surface area contributed by atoms with E-state index in [9.17, 15) is 0 Å². The number of hydrogen-bond acceptors (Lipinski definition) is 4. The van der Waals surface area contributed by atoms with E-state index in [1.807, 2.05) is 48.3 Å². The number of nitrogens with one attached hydrogen (secondary N) is 1. The molecule has 3 N–H and O–H groups in total. The molecule has 0 amide bonds. The summed E-state index contributed by atoms with van der Waals surface area (Å²) in [5.41, 5.74) is 8.50. The van der Waals surface area contributed by atoms with Crippen LogP contribution in [0.1, 0.15) is 5.82 Å². The molecule has 0 aliphatic rings. The molecule has 0 saturated carbocycles. The summed E-state index contributed by atoms with van der Waals surface area (Å²) >= 11 is 0. The second-order valence-corrected chi connectivity index (χ2v) is 4.77. The number of fused-ring (bicyclic) bond motifs is 1. The van der Waals surface area contributed by atoms with Crippen LogP contribution >= 0.6 is 0 Å². The molecule has 5 nitrogen and oxygen atoms in total. The van der Waals surface area contributed by atoms with Crippen LogP contribution < -0.4 is 11.1 Å². The van der Waals surface area contributed by atoms with Crippen LogP contribution in [0.3, 0.4) is 0 Å². The van der Waals surface area contributed by atoms with Gasteiger partial charge in [0.15, 0.2) is 0 Å². The van der Waals surface area contributed by atoms with E-state index in [1.54, 1.807) is 6.20 Å². The van der Waals surface area contributed by atoms with Crippen LogP contribution in [0.15, 0.2) is 42.9 Å². The lowest BCUT2D eigenvalue weighted by molar-refractivity contribution is 0.790. The Labute approximate surface area is 117 Å². The molecule has 0 radical (unpaired) electrons. The highest BCUT2D eigenvalue weighted by Gasteiger charge is 2.03. The van der Waals surface area contributed by atoms with Gasteiger partial charge < -0.3 is 15.6 Å². The summed E-state index contributed by atoms with van der Waals surface area (Å²) in [6, 6.07) is 7.77. The number of aromatic nitrogens is 3. The average molecular weight is 267 g/mol. The number of benzene rings is 1. The van der Waals surface area contributed by atoms with Crippen molar-refractivity contribution in [2.45, 2.75) is 6.42 Å². The number of nitrogens with zero attached hydrogens (tertiary/aromatic N) is 3. The minimum Gasteiger partial charge on any atom is -0.399 e. The number of anilines is 2. The van der Waals surface area contributed by atoms with Gasteiger partial charge >= 0.3 is 0 Å². The van der Waals surface area contributed by atoms with Gasteiger partial charge in [-0.25, -0.2) is 4.98 Å². The first-order valence-corrected chi connectivity index (χ1v) is 6.58. The first kappa shape index (κ1) is 12.5. The standard InChI is InChI=1S/C15H17N5/c1-20-9-8-19-15(20)5-7-17-13-4-6-18-14-10-11(16)2-3-12(13)14/h2-4,6,8-10H,5,7,16H2,1H3,(H,17,18). The van der Waals surface area contributed by atoms with Gasteiger partial charge in [0.2, 0.25) is 0 Å². The van der Waals surface area contributed by atoms with Gasteiger partial charge in [0.25, 0.3) is 0 Å². The zero-order valence-electron chi connectivity index (χ0n) is 11.4. The molecular weight excluding hydrogens is 250 g/mol. The van der Waals surface area contributed by atoms with Crippen LogP contribution in [0.2, 0.25) is 0 Å². The van der Waals surface area contributed by atoms with E-state index in [0.717, 1.165) is 41.1 Å². The molecule has 0 aliphatic heterocycles. The molecule has 0 fully saturated rings. The molecule has 3 rings (SSSR count). The molecule has 0 aliphatic carbocycles. The number of pyridine rings is 1. The summed E-state index contributed by atoms with van der Waals surface area (Å²) in [6.07, 6.45) is 6.45. The molecule has 2 aromatic heterocycles. The fourth-order valence-electron chi connectivity index (χ4n) is 2.27. The molecule has 2 heterocycles. The second-order valence-electron chi connectivity index (χ2n) is 4.77. The Hall–Kier alpha value is -2.56. The molecular formula is C15H17N5. The van der Waals surface area contributed by atoms with Gasteiger partial charge in [-0.1, -0.05) is 0 Å². The number of nitrogens with two attached hydrogens (primary N) is 1. The van der Waals surface area contributed by atoms with E-state index >= 15 is 0 Å². The van der Waals surface area contributed by atoms with E-state index in [1.165, 1.54) is 0 Å². The average Bonchev–Trinajstić information content (AvgIpc) is 2.84. The van der Waals surface area contributed by atoms with Crippen LogP contribution in [-0.2, 0) is 13.5 Å². The van der Waals surface area contributed by atoms with Gasteiger partial charge in [0, 0.05) is 55.4 Å². The van der Waals surface area contributed by atoms with E-state index in [-0.39, 0.29) is 0 Å². The van der Waals surface area contributed by atoms with Crippen molar-refractivity contribution in [1.82, 2.24) is 14.5 Å². The Morgan fingerprint density at radius 2 is 2.10 bits per heavy atom. The third-order valence-corrected chi connectivity index (χ3v) is 3.35. The lowest BCUT2D eigenvalue weighted by Gasteiger charge is -2.09. The molecule has 0 spiro atoms. The minimum atomic E-state index is 0.732. The van der Waals surface area contributed by atoms with Gasteiger partial charge in [-0.15, -0.1) is 0 Å². The zero-order chi connectivity index (χ0) is 13.9. The highest BCUT2D eigenvalue weighted by atomic mass is 15.0. The molecule has 3 aromatic rings. The Bertz CT molecular complexity index is 732. The first-order valence-electron chi connectivity index (χ1n) is 6.58. The summed E-state index contributed by atoms with van der Waals surface area (Å²) in [5.74, 6) is 1.07. The SMILES string of the molecule is Cn1ccnc1CCNc1ccnc2cc(N)ccc12. The minimum absolute atomic E-state index is 0.732. The van der Waals surface area contributed by atoms with Crippen molar-refractivity contribution >= 4 is 22.3 Å². The topological polar surface area (TPSA) is 68.8 Å². The van der Waals surface area contributed by atoms with Crippen LogP contribution in [0.25, 0.3) is 10.9 Å². The number of aryl methyl sites for hydroxylation is 1. The van der Waals surface area contributed by atoms with Crippen LogP contribution in [0.5, 0.6) is 0 Å². The largest absolute Gasteiger partial charge is 0.399 e. The van der Waals surface area contributed by atoms with Crippen molar-refractivity contribution in [3.63, 3.8) is 0 Å². The summed E-state index contributed by atoms with van der Waals surface area (Å²) < 4.78 is 2.03. The third-order valence-electron chi connectivity index (χ3n) is 3.35. The molecule has 0 atom stereocenters. The maximum atomic E-state index is 5.78. The Balaban J connectivity index is 1.76. The highest BCUT2D eigenvalue weighted by Crippen LogP contribution is 2.23. The number of nitrogen functional groups attached to an aromatic ring is 1. The van der Waals surface area contributed by atoms with E-state index in [0.29, 0.717) is 0 Å². The van der Waals surface area contributed by atoms with Crippen molar-refractivity contribution < 1.29 is 0 Å². The van der Waals surface area contributed by atoms with Crippen LogP contribution in [0.4, 0.5) is 11.4 Å². The third kappa shape index (κ3) is 2.42. The molecule has 1 aromatic carbocycles. The van der Waals surface area contributed by atoms with Gasteiger partial charge in [0.05, 0.1) is 5.52 Å². The molecule has 20 heavy (non-hydrogen) atoms. The van der Waals surface area contributed by atoms with Crippen molar-refractivity contribution in [2.24, 2.45) is 7.05 Å². The Morgan fingerprint density at radius 1 is 1.20 bits per heavy atom. The highest BCUT2D eigenvalue weighted by molar-refractivity contribution is 5.92. The van der Waals surface area contributed by atoms with Gasteiger partial charge in [-0.3, -0.25) is 4.98 Å². The fraction of sp³-hybridized carbons (Fsp3) is 0.200. The number of imidazole rings is 1. The summed E-state index contributed by atoms with van der Waals surface area (Å²) in [6.45, 7) is 0.828. The van der Waals surface area contributed by atoms with Gasteiger partial charge in [-0.05, 0) is 24.3 Å². The maximum absolute atomic E-state index is 5.78. The smallest absolute Gasteiger partial charge is 0.110 e. The zero-order valence-corrected chi connectivity index (χ0v) is 11.4. The van der Waals surface area contributed by atoms with Crippen molar-refractivity contribution in [3.05, 3.63) is 48.7 Å². The quantitative estimate of drug-likeness (QED) is 0.711. The predicted octanol–water partition coefficient (Wildman–Crippen LogP) is 2.21. The summed E-state index contributed by atoms with van der Waals surface area (Å²) in [4.78, 5) is 8.65. The Kier molecular flexibility index (Phi) is 3.25. The molecule has 0 saturated heterocycles. The number of rotatable bonds is 4. The molecule has 0 bridgehead atoms. The predicted molar refractivity (Wildman–Crippen MR) is 81.6 cm³/mol. The van der Waals surface area contributed by atoms with Crippen LogP contribution in [-0.4, -0.2) is 21.1 Å². The first-order chi connectivity index (χ1) is 9.74. The van der Waals surface area contributed by atoms with Crippen molar-refractivity contribution in [3.8, 4) is 0 Å². The van der Waals surface area contributed by atoms with Gasteiger partial charge in [0.1, 0.15) is 5.82 Å². The Morgan fingerprint density at radius 3 is 2.90 bits per heavy atom. The lowest BCUT2D eigenvalue weighted by Crippen LogP contribution is -2.09. The van der Waals surface area contributed by atoms with Crippen molar-refractivity contribution in [2.75, 3.05) is 17.6 Å². The normalized spacial score (nSPS) is 10.8. The van der Waals surface area contributed by atoms with Crippen molar-refractivity contribution in [1.29, 1.82) is 0 Å². The van der Waals surface area contributed by atoms with Gasteiger partial charge in [-0.2, -0.15) is 0 Å². The maximum Gasteiger partial charge on any atom is 0.110 e. The van der Waals surface area contributed by atoms with E-state index < -0.39 is 0 Å². The molecule has 0 unspecified atom stereocenters. The second kappa shape index (κ2) is 5.21. The van der Waals surface area contributed by atoms with E-state index in [2.05, 4.69) is 15.3 Å². The van der Waals surface area contributed by atoms with Crippen LogP contribution in [0, 0.1) is 0 Å². The fourth-order valence-corrected chi connectivity index (χ4v) is 2.27. The summed E-state index contributed by atoms with van der Waals surface area (Å²) in [7, 11) is 2.01. The lowest BCUT2D eigenvalue weighted by atomic mass is 10.1. The molecule has 5 heteroatoms. The monoisotopic (exact) mass is 267 g/mol. The van der Waals surface area contributed by atoms with E-state index in [4.69, 9.17) is 5.73 Å².